The summed E-state index contributed by atoms with van der Waals surface area (Å²) in [5.74, 6) is -0.303. The number of aliphatic hydroxyl groups excluding tert-OH is 1. The molecular weight excluding hydrogens is 143 g/mol. The van der Waals surface area contributed by atoms with Crippen molar-refractivity contribution in [2.45, 2.75) is 20.0 Å². The SMILES string of the molecule is Cc1cccc(C(C)O)c1F. The second-order valence-electron chi connectivity index (χ2n) is 2.65. The predicted molar refractivity (Wildman–Crippen MR) is 41.8 cm³/mol. The Hall–Kier alpha value is -0.890. The molecule has 0 heterocycles. The molecule has 1 aromatic rings. The van der Waals surface area contributed by atoms with Crippen LogP contribution in [-0.4, -0.2) is 5.11 Å². The van der Waals surface area contributed by atoms with E-state index >= 15 is 0 Å². The Kier molecular flexibility index (Phi) is 2.25. The van der Waals surface area contributed by atoms with Crippen molar-refractivity contribution in [2.75, 3.05) is 0 Å². The fourth-order valence-electron chi connectivity index (χ4n) is 0.993. The third-order valence-electron chi connectivity index (χ3n) is 1.67. The van der Waals surface area contributed by atoms with Gasteiger partial charge in [0, 0.05) is 5.56 Å². The summed E-state index contributed by atoms with van der Waals surface area (Å²) in [6.45, 7) is 3.24. The Labute approximate surface area is 65.5 Å². The first kappa shape index (κ1) is 8.21. The van der Waals surface area contributed by atoms with Crippen molar-refractivity contribution in [1.82, 2.24) is 0 Å². The largest absolute Gasteiger partial charge is 0.389 e. The molecule has 1 unspecified atom stereocenters. The van der Waals surface area contributed by atoms with Crippen molar-refractivity contribution in [3.05, 3.63) is 35.1 Å². The van der Waals surface area contributed by atoms with Crippen LogP contribution in [0.4, 0.5) is 4.39 Å². The number of hydrogen-bond acceptors (Lipinski definition) is 1. The number of rotatable bonds is 1. The average molecular weight is 154 g/mol. The third kappa shape index (κ3) is 1.57. The van der Waals surface area contributed by atoms with Crippen LogP contribution in [0.2, 0.25) is 0 Å². The van der Waals surface area contributed by atoms with Crippen LogP contribution in [0.5, 0.6) is 0 Å². The molecule has 0 saturated heterocycles. The van der Waals surface area contributed by atoms with Gasteiger partial charge in [-0.25, -0.2) is 4.39 Å². The zero-order chi connectivity index (χ0) is 8.43. The highest BCUT2D eigenvalue weighted by atomic mass is 19.1. The smallest absolute Gasteiger partial charge is 0.131 e. The molecule has 0 bridgehead atoms. The molecular formula is C9H11FO. The predicted octanol–water partition coefficient (Wildman–Crippen LogP) is 2.19. The molecule has 1 rings (SSSR count). The fourth-order valence-corrected chi connectivity index (χ4v) is 0.993. The van der Waals surface area contributed by atoms with E-state index in [2.05, 4.69) is 0 Å². The number of hydrogen-bond donors (Lipinski definition) is 1. The van der Waals surface area contributed by atoms with Gasteiger partial charge in [0.25, 0.3) is 0 Å². The molecule has 0 amide bonds. The van der Waals surface area contributed by atoms with E-state index in [4.69, 9.17) is 5.11 Å². The van der Waals surface area contributed by atoms with Crippen LogP contribution in [0.15, 0.2) is 18.2 Å². The molecule has 0 spiro atoms. The van der Waals surface area contributed by atoms with Gasteiger partial charge in [-0.05, 0) is 19.4 Å². The maximum absolute atomic E-state index is 13.1. The zero-order valence-corrected chi connectivity index (χ0v) is 6.63. The summed E-state index contributed by atoms with van der Waals surface area (Å²) in [6.07, 6.45) is -0.727. The first-order chi connectivity index (χ1) is 5.13. The Morgan fingerprint density at radius 2 is 2.09 bits per heavy atom. The minimum absolute atomic E-state index is 0.303. The lowest BCUT2D eigenvalue weighted by Gasteiger charge is -2.06. The Bertz CT molecular complexity index is 256. The lowest BCUT2D eigenvalue weighted by atomic mass is 10.1. The molecule has 1 nitrogen and oxygen atoms in total. The molecule has 0 saturated carbocycles. The van der Waals surface area contributed by atoms with E-state index in [1.165, 1.54) is 0 Å². The summed E-state index contributed by atoms with van der Waals surface area (Å²) in [5.41, 5.74) is 0.938. The van der Waals surface area contributed by atoms with Gasteiger partial charge < -0.3 is 5.11 Å². The van der Waals surface area contributed by atoms with Crippen molar-refractivity contribution in [2.24, 2.45) is 0 Å². The molecule has 0 aliphatic rings. The Morgan fingerprint density at radius 1 is 1.45 bits per heavy atom. The molecule has 0 fully saturated rings. The van der Waals surface area contributed by atoms with Gasteiger partial charge in [-0.2, -0.15) is 0 Å². The molecule has 1 aromatic carbocycles. The summed E-state index contributed by atoms with van der Waals surface area (Å²) in [5, 5.41) is 9.09. The van der Waals surface area contributed by atoms with Crippen molar-refractivity contribution in [1.29, 1.82) is 0 Å². The minimum Gasteiger partial charge on any atom is -0.389 e. The Balaban J connectivity index is 3.17. The summed E-state index contributed by atoms with van der Waals surface area (Å²) >= 11 is 0. The van der Waals surface area contributed by atoms with Crippen LogP contribution in [0.25, 0.3) is 0 Å². The minimum atomic E-state index is -0.727. The maximum atomic E-state index is 13.1. The molecule has 1 N–H and O–H groups in total. The normalized spacial score (nSPS) is 13.1. The van der Waals surface area contributed by atoms with E-state index < -0.39 is 6.10 Å². The van der Waals surface area contributed by atoms with E-state index in [0.717, 1.165) is 0 Å². The lowest BCUT2D eigenvalue weighted by Crippen LogP contribution is -1.96. The van der Waals surface area contributed by atoms with Crippen molar-refractivity contribution >= 4 is 0 Å². The number of aryl methyl sites for hydroxylation is 1. The monoisotopic (exact) mass is 154 g/mol. The first-order valence-electron chi connectivity index (χ1n) is 3.56. The molecule has 0 aliphatic heterocycles. The molecule has 0 aromatic heterocycles. The molecule has 11 heavy (non-hydrogen) atoms. The summed E-state index contributed by atoms with van der Waals surface area (Å²) < 4.78 is 13.1. The van der Waals surface area contributed by atoms with Crippen LogP contribution in [0.3, 0.4) is 0 Å². The molecule has 2 heteroatoms. The number of halogens is 1. The molecule has 1 atom stereocenters. The van der Waals surface area contributed by atoms with E-state index in [-0.39, 0.29) is 5.82 Å². The Morgan fingerprint density at radius 3 is 2.55 bits per heavy atom. The van der Waals surface area contributed by atoms with Gasteiger partial charge in [0.1, 0.15) is 5.82 Å². The van der Waals surface area contributed by atoms with Gasteiger partial charge >= 0.3 is 0 Å². The topological polar surface area (TPSA) is 20.2 Å². The van der Waals surface area contributed by atoms with Crippen molar-refractivity contribution in [3.8, 4) is 0 Å². The highest BCUT2D eigenvalue weighted by molar-refractivity contribution is 5.26. The maximum Gasteiger partial charge on any atom is 0.131 e. The zero-order valence-electron chi connectivity index (χ0n) is 6.63. The quantitative estimate of drug-likeness (QED) is 0.657. The first-order valence-corrected chi connectivity index (χ1v) is 3.56. The van der Waals surface area contributed by atoms with Crippen LogP contribution in [-0.2, 0) is 0 Å². The average Bonchev–Trinajstić information content (AvgIpc) is 1.94. The fraction of sp³-hybridized carbons (Fsp3) is 0.333. The van der Waals surface area contributed by atoms with Gasteiger partial charge in [0.15, 0.2) is 0 Å². The summed E-state index contributed by atoms with van der Waals surface area (Å²) in [4.78, 5) is 0. The third-order valence-corrected chi connectivity index (χ3v) is 1.67. The van der Waals surface area contributed by atoms with Gasteiger partial charge in [0.2, 0.25) is 0 Å². The van der Waals surface area contributed by atoms with Gasteiger partial charge in [-0.3, -0.25) is 0 Å². The van der Waals surface area contributed by atoms with Gasteiger partial charge in [-0.1, -0.05) is 18.2 Å². The number of aliphatic hydroxyl groups is 1. The second kappa shape index (κ2) is 3.01. The van der Waals surface area contributed by atoms with Crippen LogP contribution in [0, 0.1) is 12.7 Å². The van der Waals surface area contributed by atoms with Crippen LogP contribution in [0.1, 0.15) is 24.2 Å². The second-order valence-corrected chi connectivity index (χ2v) is 2.65. The lowest BCUT2D eigenvalue weighted by molar-refractivity contribution is 0.194. The number of benzene rings is 1. The van der Waals surface area contributed by atoms with Crippen molar-refractivity contribution in [3.63, 3.8) is 0 Å². The van der Waals surface area contributed by atoms with E-state index in [1.807, 2.05) is 0 Å². The van der Waals surface area contributed by atoms with E-state index in [0.29, 0.717) is 11.1 Å². The molecule has 0 radical (unpaired) electrons. The van der Waals surface area contributed by atoms with E-state index in [9.17, 15) is 4.39 Å². The summed E-state index contributed by atoms with van der Waals surface area (Å²) in [7, 11) is 0. The summed E-state index contributed by atoms with van der Waals surface area (Å²) in [6, 6.07) is 5.01. The molecule has 60 valence electrons. The highest BCUT2D eigenvalue weighted by Gasteiger charge is 2.08. The highest BCUT2D eigenvalue weighted by Crippen LogP contribution is 2.18. The van der Waals surface area contributed by atoms with Crippen molar-refractivity contribution < 1.29 is 9.50 Å². The van der Waals surface area contributed by atoms with E-state index in [1.54, 1.807) is 32.0 Å². The van der Waals surface area contributed by atoms with Gasteiger partial charge in [0.05, 0.1) is 6.10 Å². The van der Waals surface area contributed by atoms with Gasteiger partial charge in [-0.15, -0.1) is 0 Å². The van der Waals surface area contributed by atoms with Crippen LogP contribution < -0.4 is 0 Å². The van der Waals surface area contributed by atoms with Crippen LogP contribution >= 0.6 is 0 Å². The standard InChI is InChI=1S/C9H11FO/c1-6-4-3-5-8(7(2)11)9(6)10/h3-5,7,11H,1-2H3. The molecule has 0 aliphatic carbocycles.